The van der Waals surface area contributed by atoms with Gasteiger partial charge in [-0.3, -0.25) is 4.79 Å². The van der Waals surface area contributed by atoms with Crippen LogP contribution < -0.4 is 0 Å². The lowest BCUT2D eigenvalue weighted by atomic mass is 9.94. The molecule has 2 aromatic heterocycles. The maximum Gasteiger partial charge on any atom is 0.256 e. The number of rotatable bonds is 1. The van der Waals surface area contributed by atoms with Gasteiger partial charge in [-0.25, -0.2) is 9.97 Å². The molecule has 2 aromatic rings. The van der Waals surface area contributed by atoms with Gasteiger partial charge in [0.2, 0.25) is 0 Å². The van der Waals surface area contributed by atoms with Crippen molar-refractivity contribution in [2.24, 2.45) is 7.05 Å². The molecule has 7 heteroatoms. The van der Waals surface area contributed by atoms with Gasteiger partial charge in [0, 0.05) is 32.8 Å². The Balaban J connectivity index is 1.70. The summed E-state index contributed by atoms with van der Waals surface area (Å²) in [5, 5.41) is 0. The second kappa shape index (κ2) is 5.26. The van der Waals surface area contributed by atoms with Crippen LogP contribution in [0, 0.1) is 0 Å². The fourth-order valence-corrected chi connectivity index (χ4v) is 3.82. The molecule has 4 rings (SSSR count). The Hall–Kier alpha value is -1.99. The number of pyridine rings is 1. The van der Waals surface area contributed by atoms with Crippen molar-refractivity contribution in [2.45, 2.75) is 31.5 Å². The second-order valence-electron chi connectivity index (χ2n) is 7.39. The van der Waals surface area contributed by atoms with Crippen molar-refractivity contribution in [1.82, 2.24) is 19.4 Å². The molecule has 0 radical (unpaired) electrons. The highest BCUT2D eigenvalue weighted by Crippen LogP contribution is 2.35. The van der Waals surface area contributed by atoms with Gasteiger partial charge in [-0.15, -0.1) is 0 Å². The lowest BCUT2D eigenvalue weighted by Crippen LogP contribution is -2.61. The molecular formula is C17H22N4O3. The van der Waals surface area contributed by atoms with Crippen molar-refractivity contribution >= 4 is 17.1 Å². The normalized spacial score (nSPS) is 26.4. The highest BCUT2D eigenvalue weighted by molar-refractivity contribution is 6.04. The largest absolute Gasteiger partial charge is 0.378 e. The van der Waals surface area contributed by atoms with E-state index in [4.69, 9.17) is 9.47 Å². The van der Waals surface area contributed by atoms with E-state index in [1.165, 1.54) is 0 Å². The first-order chi connectivity index (χ1) is 11.4. The van der Waals surface area contributed by atoms with Crippen LogP contribution in [0.2, 0.25) is 0 Å². The van der Waals surface area contributed by atoms with E-state index in [0.717, 1.165) is 6.42 Å². The van der Waals surface area contributed by atoms with Gasteiger partial charge in [-0.2, -0.15) is 0 Å². The zero-order valence-corrected chi connectivity index (χ0v) is 14.3. The predicted molar refractivity (Wildman–Crippen MR) is 87.7 cm³/mol. The van der Waals surface area contributed by atoms with Gasteiger partial charge in [-0.05, 0) is 19.9 Å². The number of imidazole rings is 1. The molecular weight excluding hydrogens is 308 g/mol. The number of ether oxygens (including phenoxy) is 2. The Labute approximate surface area is 140 Å². The van der Waals surface area contributed by atoms with Crippen molar-refractivity contribution in [3.05, 3.63) is 24.2 Å². The van der Waals surface area contributed by atoms with E-state index in [-0.39, 0.29) is 5.91 Å². The number of carbonyl (C=O) groups is 1. The summed E-state index contributed by atoms with van der Waals surface area (Å²) in [5.74, 6) is -0.0243. The lowest BCUT2D eigenvalue weighted by Gasteiger charge is -2.48. The van der Waals surface area contributed by atoms with Crippen molar-refractivity contribution in [3.8, 4) is 0 Å². The summed E-state index contributed by atoms with van der Waals surface area (Å²) in [7, 11) is 1.87. The highest BCUT2D eigenvalue weighted by Gasteiger charge is 2.48. The summed E-state index contributed by atoms with van der Waals surface area (Å²) in [4.78, 5) is 23.7. The standard InChI is InChI=1S/C17H22N4O3/c1-16(2)8-21(9-17(24-16)5-7-23-10-17)15(22)12-4-6-18-14-13(12)19-11-20(14)3/h4,6,11H,5,7-10H2,1-3H3. The van der Waals surface area contributed by atoms with Gasteiger partial charge >= 0.3 is 0 Å². The maximum absolute atomic E-state index is 13.2. The van der Waals surface area contributed by atoms with Gasteiger partial charge < -0.3 is 18.9 Å². The molecule has 1 amide bonds. The summed E-state index contributed by atoms with van der Waals surface area (Å²) >= 11 is 0. The molecule has 0 saturated carbocycles. The number of carbonyl (C=O) groups excluding carboxylic acids is 1. The summed E-state index contributed by atoms with van der Waals surface area (Å²) < 4.78 is 13.7. The third kappa shape index (κ3) is 2.48. The molecule has 2 aliphatic heterocycles. The molecule has 4 heterocycles. The maximum atomic E-state index is 13.2. The van der Waals surface area contributed by atoms with E-state index in [9.17, 15) is 4.79 Å². The van der Waals surface area contributed by atoms with E-state index in [1.54, 1.807) is 18.6 Å². The second-order valence-corrected chi connectivity index (χ2v) is 7.39. The summed E-state index contributed by atoms with van der Waals surface area (Å²) in [6, 6.07) is 1.75. The molecule has 2 saturated heterocycles. The molecule has 24 heavy (non-hydrogen) atoms. The number of aromatic nitrogens is 3. The Kier molecular flexibility index (Phi) is 3.40. The first-order valence-corrected chi connectivity index (χ1v) is 8.22. The van der Waals surface area contributed by atoms with Gasteiger partial charge in [-0.1, -0.05) is 0 Å². The molecule has 7 nitrogen and oxygen atoms in total. The molecule has 2 aliphatic rings. The molecule has 0 N–H and O–H groups in total. The number of hydrogen-bond donors (Lipinski definition) is 0. The van der Waals surface area contributed by atoms with Crippen LogP contribution >= 0.6 is 0 Å². The topological polar surface area (TPSA) is 69.5 Å². The van der Waals surface area contributed by atoms with Gasteiger partial charge in [0.25, 0.3) is 5.91 Å². The third-order valence-electron chi connectivity index (χ3n) is 4.73. The van der Waals surface area contributed by atoms with Crippen LogP contribution in [0.3, 0.4) is 0 Å². The Morgan fingerprint density at radius 1 is 1.29 bits per heavy atom. The van der Waals surface area contributed by atoms with E-state index in [0.29, 0.717) is 43.0 Å². The van der Waals surface area contributed by atoms with Crippen molar-refractivity contribution in [2.75, 3.05) is 26.3 Å². The molecule has 0 bridgehead atoms. The van der Waals surface area contributed by atoms with Crippen molar-refractivity contribution < 1.29 is 14.3 Å². The molecule has 2 fully saturated rings. The average molecular weight is 330 g/mol. The Morgan fingerprint density at radius 2 is 2.12 bits per heavy atom. The van der Waals surface area contributed by atoms with Crippen molar-refractivity contribution in [3.63, 3.8) is 0 Å². The number of morpholine rings is 1. The minimum absolute atomic E-state index is 0.0243. The van der Waals surface area contributed by atoms with E-state index < -0.39 is 11.2 Å². The fourth-order valence-electron chi connectivity index (χ4n) is 3.82. The first kappa shape index (κ1) is 15.5. The Morgan fingerprint density at radius 3 is 2.88 bits per heavy atom. The number of amides is 1. The van der Waals surface area contributed by atoms with Crippen LogP contribution in [0.25, 0.3) is 11.2 Å². The predicted octanol–water partition coefficient (Wildman–Crippen LogP) is 1.38. The van der Waals surface area contributed by atoms with Crippen molar-refractivity contribution in [1.29, 1.82) is 0 Å². The van der Waals surface area contributed by atoms with Crippen LogP contribution in [0.4, 0.5) is 0 Å². The van der Waals surface area contributed by atoms with Gasteiger partial charge in [0.05, 0.1) is 30.6 Å². The molecule has 0 aliphatic carbocycles. The highest BCUT2D eigenvalue weighted by atomic mass is 16.6. The number of nitrogens with zero attached hydrogens (tertiary/aromatic N) is 4. The molecule has 1 spiro atoms. The van der Waals surface area contributed by atoms with Crippen LogP contribution in [0.5, 0.6) is 0 Å². The SMILES string of the molecule is Cn1cnc2c(C(=O)N3CC(C)(C)OC4(CCOC4)C3)ccnc21. The zero-order chi connectivity index (χ0) is 16.9. The molecule has 1 atom stereocenters. The molecule has 0 aromatic carbocycles. The fraction of sp³-hybridized carbons (Fsp3) is 0.588. The van der Waals surface area contributed by atoms with Crippen LogP contribution in [-0.4, -0.2) is 62.8 Å². The van der Waals surface area contributed by atoms with Crippen LogP contribution in [0.1, 0.15) is 30.6 Å². The average Bonchev–Trinajstić information content (AvgIpc) is 3.12. The first-order valence-electron chi connectivity index (χ1n) is 8.22. The van der Waals surface area contributed by atoms with E-state index in [1.807, 2.05) is 30.4 Å². The number of hydrogen-bond acceptors (Lipinski definition) is 5. The zero-order valence-electron chi connectivity index (χ0n) is 14.3. The third-order valence-corrected chi connectivity index (χ3v) is 4.73. The van der Waals surface area contributed by atoms with Crippen LogP contribution in [-0.2, 0) is 16.5 Å². The summed E-state index contributed by atoms with van der Waals surface area (Å²) in [6.07, 6.45) is 4.16. The number of fused-ring (bicyclic) bond motifs is 1. The lowest BCUT2D eigenvalue weighted by molar-refractivity contribution is -0.186. The van der Waals surface area contributed by atoms with E-state index >= 15 is 0 Å². The van der Waals surface area contributed by atoms with E-state index in [2.05, 4.69) is 9.97 Å². The van der Waals surface area contributed by atoms with Gasteiger partial charge in [0.15, 0.2) is 5.65 Å². The molecule has 128 valence electrons. The minimum atomic E-state index is -0.405. The monoisotopic (exact) mass is 330 g/mol. The van der Waals surface area contributed by atoms with Crippen LogP contribution in [0.15, 0.2) is 18.6 Å². The summed E-state index contributed by atoms with van der Waals surface area (Å²) in [6.45, 7) is 6.36. The van der Waals surface area contributed by atoms with Gasteiger partial charge in [0.1, 0.15) is 11.1 Å². The number of aryl methyl sites for hydroxylation is 1. The smallest absolute Gasteiger partial charge is 0.256 e. The minimum Gasteiger partial charge on any atom is -0.378 e. The summed E-state index contributed by atoms with van der Waals surface area (Å²) in [5.41, 5.74) is 1.15. The Bertz CT molecular complexity index is 792. The quantitative estimate of drug-likeness (QED) is 0.790. The molecule has 1 unspecified atom stereocenters.